The Balaban J connectivity index is 1.51. The fraction of sp³-hybridized carbons (Fsp3) is 0.568. The number of benzene rings is 2. The average molecular weight is 668 g/mol. The van der Waals surface area contributed by atoms with Gasteiger partial charge >= 0.3 is 0 Å². The Morgan fingerprint density at radius 2 is 1.69 bits per heavy atom. The zero-order valence-electron chi connectivity index (χ0n) is 29.0. The van der Waals surface area contributed by atoms with Gasteiger partial charge in [0.2, 0.25) is 11.8 Å². The molecule has 264 valence electrons. The molecule has 2 saturated heterocycles. The van der Waals surface area contributed by atoms with E-state index in [1.54, 1.807) is 30.9 Å². The Kier molecular flexibility index (Phi) is 12.1. The van der Waals surface area contributed by atoms with E-state index in [2.05, 4.69) is 10.6 Å². The first-order valence-electron chi connectivity index (χ1n) is 16.9. The van der Waals surface area contributed by atoms with E-state index in [0.29, 0.717) is 25.9 Å². The summed E-state index contributed by atoms with van der Waals surface area (Å²) in [5, 5.41) is 58.1. The van der Waals surface area contributed by atoms with Crippen molar-refractivity contribution < 1.29 is 39.9 Å². The summed E-state index contributed by atoms with van der Waals surface area (Å²) in [7, 11) is 0. The zero-order chi connectivity index (χ0) is 35.4. The number of carbonyl (C=O) groups is 2. The van der Waals surface area contributed by atoms with Crippen molar-refractivity contribution in [1.29, 1.82) is 0 Å². The van der Waals surface area contributed by atoms with E-state index in [9.17, 15) is 35.1 Å². The molecule has 0 radical (unpaired) electrons. The van der Waals surface area contributed by atoms with E-state index in [0.717, 1.165) is 47.3 Å². The van der Waals surface area contributed by atoms with Crippen LogP contribution in [0.3, 0.4) is 0 Å². The molecule has 5 atom stereocenters. The number of phenolic OH excluding ortho intramolecular Hbond substituents is 1. The molecule has 48 heavy (non-hydrogen) atoms. The first-order valence-corrected chi connectivity index (χ1v) is 16.9. The minimum absolute atomic E-state index is 0.0908. The molecule has 2 heterocycles. The molecular formula is C37H53N3O8. The first-order chi connectivity index (χ1) is 22.6. The number of aromatic hydroxyl groups is 1. The lowest BCUT2D eigenvalue weighted by atomic mass is 9.86. The monoisotopic (exact) mass is 667 g/mol. The van der Waals surface area contributed by atoms with Gasteiger partial charge in [0.25, 0.3) is 0 Å². The number of aryl methyl sites for hydroxylation is 2. The highest BCUT2D eigenvalue weighted by molar-refractivity contribution is 5.93. The van der Waals surface area contributed by atoms with Crippen LogP contribution in [-0.2, 0) is 27.2 Å². The summed E-state index contributed by atoms with van der Waals surface area (Å²) < 4.78 is 5.75. The third kappa shape index (κ3) is 8.45. The van der Waals surface area contributed by atoms with Crippen molar-refractivity contribution in [2.75, 3.05) is 32.8 Å². The largest absolute Gasteiger partial charge is 0.508 e. The van der Waals surface area contributed by atoms with Crippen LogP contribution in [0, 0.1) is 12.3 Å². The van der Waals surface area contributed by atoms with Crippen LogP contribution in [0.2, 0.25) is 0 Å². The number of ether oxygens (including phenoxy) is 1. The minimum Gasteiger partial charge on any atom is -0.508 e. The van der Waals surface area contributed by atoms with Crippen LogP contribution >= 0.6 is 0 Å². The van der Waals surface area contributed by atoms with Gasteiger partial charge in [-0.05, 0) is 87.4 Å². The lowest BCUT2D eigenvalue weighted by Crippen LogP contribution is -2.60. The van der Waals surface area contributed by atoms with Crippen LogP contribution in [0.15, 0.2) is 36.4 Å². The Hall–Kier alpha value is -3.32. The molecule has 11 nitrogen and oxygen atoms in total. The van der Waals surface area contributed by atoms with E-state index in [4.69, 9.17) is 4.74 Å². The Morgan fingerprint density at radius 1 is 1.00 bits per heavy atom. The van der Waals surface area contributed by atoms with Crippen LogP contribution < -0.4 is 10.6 Å². The quantitative estimate of drug-likeness (QED) is 0.190. The molecule has 0 aliphatic carbocycles. The number of piperazine rings is 1. The Bertz CT molecular complexity index is 1480. The lowest BCUT2D eigenvalue weighted by Gasteiger charge is -2.40. The van der Waals surface area contributed by atoms with Crippen molar-refractivity contribution in [3.8, 4) is 5.75 Å². The fourth-order valence-corrected chi connectivity index (χ4v) is 6.32. The number of hydrogen-bond donors (Lipinski definition) is 7. The number of rotatable bonds is 11. The van der Waals surface area contributed by atoms with Gasteiger partial charge in [-0.2, -0.15) is 0 Å². The minimum atomic E-state index is -1.55. The number of aliphatic hydroxyl groups is 4. The maximum atomic E-state index is 13.3. The van der Waals surface area contributed by atoms with Gasteiger partial charge < -0.3 is 45.8 Å². The van der Waals surface area contributed by atoms with Crippen LogP contribution in [0.25, 0.3) is 6.08 Å². The first kappa shape index (κ1) is 37.5. The summed E-state index contributed by atoms with van der Waals surface area (Å²) in [6.07, 6.45) is -0.940. The number of nitrogens with zero attached hydrogens (tertiary/aromatic N) is 1. The molecule has 0 spiro atoms. The smallest absolute Gasteiger partial charge is 0.247 e. The highest BCUT2D eigenvalue weighted by Crippen LogP contribution is 2.39. The van der Waals surface area contributed by atoms with E-state index < -0.39 is 48.1 Å². The predicted octanol–water partition coefficient (Wildman–Crippen LogP) is 2.12. The highest BCUT2D eigenvalue weighted by atomic mass is 16.5. The number of phenols is 1. The summed E-state index contributed by atoms with van der Waals surface area (Å²) in [5.74, 6) is -0.433. The van der Waals surface area contributed by atoms with Crippen LogP contribution in [0.1, 0.15) is 80.5 Å². The third-order valence-electron chi connectivity index (χ3n) is 9.46. The lowest BCUT2D eigenvalue weighted by molar-refractivity contribution is -0.232. The Labute approximate surface area is 283 Å². The standard InChI is InChI=1S/C37H53N3O8/c1-7-8-25-20-28(42)27(33-32(45)31(44)30(43)29(21-41)48-33)19-26(25)18-24-10-9-23(17-22(24)2)11-12-36(3,4)34(46)39-37(5,6)35(47)40-15-13-38-14-16-40/h9-12,17,19-20,29-33,38,41-45H,7-8,13-16,18,21H2,1-6H3,(H,39,46)/b12-11+/t29-,30+,31+,32?,33+/m1/s1. The third-order valence-corrected chi connectivity index (χ3v) is 9.46. The second-order valence-electron chi connectivity index (χ2n) is 14.2. The number of carbonyl (C=O) groups excluding carboxylic acids is 2. The molecule has 2 aromatic rings. The molecule has 2 aromatic carbocycles. The average Bonchev–Trinajstić information content (AvgIpc) is 3.05. The van der Waals surface area contributed by atoms with Gasteiger partial charge in [0.15, 0.2) is 0 Å². The molecule has 1 unspecified atom stereocenters. The molecule has 0 aromatic heterocycles. The molecule has 2 amide bonds. The fourth-order valence-electron chi connectivity index (χ4n) is 6.32. The summed E-state index contributed by atoms with van der Waals surface area (Å²) in [5.41, 5.74) is 3.20. The predicted molar refractivity (Wildman–Crippen MR) is 183 cm³/mol. The summed E-state index contributed by atoms with van der Waals surface area (Å²) in [4.78, 5) is 28.2. The second-order valence-corrected chi connectivity index (χ2v) is 14.2. The number of hydrogen-bond acceptors (Lipinski definition) is 9. The molecule has 2 aliphatic heterocycles. The molecule has 2 aliphatic rings. The second kappa shape index (κ2) is 15.5. The van der Waals surface area contributed by atoms with Gasteiger partial charge in [0.05, 0.1) is 12.0 Å². The highest BCUT2D eigenvalue weighted by Gasteiger charge is 2.45. The maximum absolute atomic E-state index is 13.3. The van der Waals surface area contributed by atoms with Crippen molar-refractivity contribution in [3.63, 3.8) is 0 Å². The number of nitrogens with one attached hydrogen (secondary N) is 2. The number of aliphatic hydroxyl groups excluding tert-OH is 4. The van der Waals surface area contributed by atoms with Gasteiger partial charge in [-0.25, -0.2) is 0 Å². The van der Waals surface area contributed by atoms with Crippen LogP contribution in [0.4, 0.5) is 0 Å². The SMILES string of the molecule is CCCc1cc(O)c([C@@H]2O[C@H](CO)[C@H](O)[C@H](O)C2O)cc1Cc1ccc(/C=C/C(C)(C)C(=O)NC(C)(C)C(=O)N2CCNCC2)cc1C. The summed E-state index contributed by atoms with van der Waals surface area (Å²) >= 11 is 0. The molecule has 7 N–H and O–H groups in total. The van der Waals surface area contributed by atoms with Crippen LogP contribution in [-0.4, -0.2) is 105 Å². The molecule has 2 fully saturated rings. The van der Waals surface area contributed by atoms with Gasteiger partial charge in [-0.15, -0.1) is 0 Å². The zero-order valence-corrected chi connectivity index (χ0v) is 29.0. The van der Waals surface area contributed by atoms with E-state index >= 15 is 0 Å². The topological polar surface area (TPSA) is 172 Å². The van der Waals surface area contributed by atoms with Crippen molar-refractivity contribution in [2.24, 2.45) is 5.41 Å². The Morgan fingerprint density at radius 3 is 2.31 bits per heavy atom. The molecule has 4 rings (SSSR count). The van der Waals surface area contributed by atoms with E-state index in [-0.39, 0.29) is 23.1 Å². The van der Waals surface area contributed by atoms with Gasteiger partial charge in [-0.3, -0.25) is 9.59 Å². The van der Waals surface area contributed by atoms with Crippen molar-refractivity contribution in [2.45, 2.75) is 96.9 Å². The summed E-state index contributed by atoms with van der Waals surface area (Å²) in [6, 6.07) is 9.47. The van der Waals surface area contributed by atoms with Crippen LogP contribution in [0.5, 0.6) is 5.75 Å². The summed E-state index contributed by atoms with van der Waals surface area (Å²) in [6.45, 7) is 13.3. The van der Waals surface area contributed by atoms with Gasteiger partial charge in [-0.1, -0.05) is 43.7 Å². The van der Waals surface area contributed by atoms with E-state index in [1.807, 2.05) is 58.0 Å². The van der Waals surface area contributed by atoms with Gasteiger partial charge in [0, 0.05) is 31.7 Å². The van der Waals surface area contributed by atoms with Crippen molar-refractivity contribution in [3.05, 3.63) is 69.8 Å². The number of amides is 2. The molecular weight excluding hydrogens is 614 g/mol. The molecule has 11 heteroatoms. The van der Waals surface area contributed by atoms with E-state index in [1.165, 1.54) is 0 Å². The van der Waals surface area contributed by atoms with Crippen molar-refractivity contribution >= 4 is 17.9 Å². The maximum Gasteiger partial charge on any atom is 0.247 e. The molecule has 0 saturated carbocycles. The van der Waals surface area contributed by atoms with Crippen molar-refractivity contribution in [1.82, 2.24) is 15.5 Å². The normalized spacial score (nSPS) is 23.8. The van der Waals surface area contributed by atoms with Gasteiger partial charge in [0.1, 0.15) is 41.8 Å². The molecule has 0 bridgehead atoms.